The Bertz CT molecular complexity index is 388. The zero-order chi connectivity index (χ0) is 12.7. The highest BCUT2D eigenvalue weighted by atomic mass is 16.5. The molecule has 0 heterocycles. The standard InChI is InChI=1S/C13H19NO3/c1-3-5-6-12(14-16)11-8-7-10(17-4-2)9-13(11)15/h7-9,15-16H,3-6H2,1-2H3/b14-12+. The zero-order valence-corrected chi connectivity index (χ0v) is 10.3. The van der Waals surface area contributed by atoms with E-state index in [1.165, 1.54) is 6.07 Å². The smallest absolute Gasteiger partial charge is 0.128 e. The molecule has 0 saturated carbocycles. The Balaban J connectivity index is 2.89. The largest absolute Gasteiger partial charge is 0.507 e. The SMILES string of the molecule is CCCC/C(=N\O)c1ccc(OCC)cc1O. The molecule has 0 atom stereocenters. The number of oxime groups is 1. The molecule has 0 aliphatic heterocycles. The minimum absolute atomic E-state index is 0.0832. The Morgan fingerprint density at radius 2 is 2.12 bits per heavy atom. The first-order valence-corrected chi connectivity index (χ1v) is 5.90. The fourth-order valence-corrected chi connectivity index (χ4v) is 1.59. The van der Waals surface area contributed by atoms with E-state index in [0.29, 0.717) is 30.1 Å². The van der Waals surface area contributed by atoms with E-state index >= 15 is 0 Å². The molecule has 0 spiro atoms. The van der Waals surface area contributed by atoms with Gasteiger partial charge in [0.25, 0.3) is 0 Å². The van der Waals surface area contributed by atoms with Gasteiger partial charge < -0.3 is 15.1 Å². The average Bonchev–Trinajstić information content (AvgIpc) is 2.32. The number of benzene rings is 1. The van der Waals surface area contributed by atoms with E-state index in [-0.39, 0.29) is 5.75 Å². The van der Waals surface area contributed by atoms with Crippen LogP contribution >= 0.6 is 0 Å². The Morgan fingerprint density at radius 3 is 2.65 bits per heavy atom. The van der Waals surface area contributed by atoms with Crippen molar-refractivity contribution < 1.29 is 15.1 Å². The summed E-state index contributed by atoms with van der Waals surface area (Å²) >= 11 is 0. The van der Waals surface area contributed by atoms with E-state index in [2.05, 4.69) is 12.1 Å². The Hall–Kier alpha value is -1.71. The molecular formula is C13H19NO3. The van der Waals surface area contributed by atoms with Gasteiger partial charge in [-0.25, -0.2) is 0 Å². The molecule has 0 unspecified atom stereocenters. The first-order chi connectivity index (χ1) is 8.22. The third kappa shape index (κ3) is 3.66. The highest BCUT2D eigenvalue weighted by Crippen LogP contribution is 2.25. The number of ether oxygens (including phenoxy) is 1. The first kappa shape index (κ1) is 13.4. The van der Waals surface area contributed by atoms with Gasteiger partial charge in [0.2, 0.25) is 0 Å². The lowest BCUT2D eigenvalue weighted by molar-refractivity contribution is 0.317. The number of hydrogen-bond donors (Lipinski definition) is 2. The lowest BCUT2D eigenvalue weighted by atomic mass is 10.0. The van der Waals surface area contributed by atoms with E-state index < -0.39 is 0 Å². The second kappa shape index (κ2) is 6.78. The molecule has 2 N–H and O–H groups in total. The molecule has 0 amide bonds. The van der Waals surface area contributed by atoms with Crippen LogP contribution in [0.15, 0.2) is 23.4 Å². The van der Waals surface area contributed by atoms with Crippen molar-refractivity contribution in [1.29, 1.82) is 0 Å². The molecule has 0 aliphatic carbocycles. The molecule has 1 rings (SSSR count). The van der Waals surface area contributed by atoms with Crippen LogP contribution in [0.25, 0.3) is 0 Å². The van der Waals surface area contributed by atoms with Crippen LogP contribution in [0, 0.1) is 0 Å². The van der Waals surface area contributed by atoms with E-state index in [1.54, 1.807) is 12.1 Å². The van der Waals surface area contributed by atoms with Gasteiger partial charge in [0.1, 0.15) is 11.5 Å². The van der Waals surface area contributed by atoms with E-state index in [1.807, 2.05) is 6.92 Å². The van der Waals surface area contributed by atoms with Crippen molar-refractivity contribution in [3.05, 3.63) is 23.8 Å². The van der Waals surface area contributed by atoms with Crippen LogP contribution in [0.2, 0.25) is 0 Å². The number of nitrogens with zero attached hydrogens (tertiary/aromatic N) is 1. The normalized spacial score (nSPS) is 11.5. The van der Waals surface area contributed by atoms with Crippen molar-refractivity contribution in [1.82, 2.24) is 0 Å². The van der Waals surface area contributed by atoms with Crippen molar-refractivity contribution in [3.63, 3.8) is 0 Å². The minimum atomic E-state index is 0.0832. The van der Waals surface area contributed by atoms with Gasteiger partial charge in [-0.15, -0.1) is 0 Å². The van der Waals surface area contributed by atoms with Gasteiger partial charge in [0.05, 0.1) is 12.3 Å². The van der Waals surface area contributed by atoms with Crippen LogP contribution < -0.4 is 4.74 Å². The quantitative estimate of drug-likeness (QED) is 0.454. The Morgan fingerprint density at radius 1 is 1.35 bits per heavy atom. The summed E-state index contributed by atoms with van der Waals surface area (Å²) in [6, 6.07) is 5.01. The predicted molar refractivity (Wildman–Crippen MR) is 67.1 cm³/mol. The van der Waals surface area contributed by atoms with Gasteiger partial charge in [0, 0.05) is 11.6 Å². The fraction of sp³-hybridized carbons (Fsp3) is 0.462. The molecule has 94 valence electrons. The molecule has 0 aromatic heterocycles. The number of phenolic OH excluding ortho intramolecular Hbond substituents is 1. The van der Waals surface area contributed by atoms with Crippen LogP contribution in [0.1, 0.15) is 38.7 Å². The third-order valence-corrected chi connectivity index (χ3v) is 2.48. The zero-order valence-electron chi connectivity index (χ0n) is 10.3. The molecule has 0 aliphatic rings. The molecule has 1 aromatic carbocycles. The number of rotatable bonds is 6. The van der Waals surface area contributed by atoms with Crippen molar-refractivity contribution >= 4 is 5.71 Å². The lowest BCUT2D eigenvalue weighted by Crippen LogP contribution is -2.02. The number of aromatic hydroxyl groups is 1. The predicted octanol–water partition coefficient (Wildman–Crippen LogP) is 3.16. The molecule has 17 heavy (non-hydrogen) atoms. The molecule has 0 bridgehead atoms. The highest BCUT2D eigenvalue weighted by molar-refractivity contribution is 6.02. The van der Waals surface area contributed by atoms with Gasteiger partial charge >= 0.3 is 0 Å². The number of hydrogen-bond acceptors (Lipinski definition) is 4. The van der Waals surface area contributed by atoms with Crippen molar-refractivity contribution in [2.45, 2.75) is 33.1 Å². The maximum Gasteiger partial charge on any atom is 0.128 e. The summed E-state index contributed by atoms with van der Waals surface area (Å²) in [5.41, 5.74) is 1.07. The molecular weight excluding hydrogens is 218 g/mol. The monoisotopic (exact) mass is 237 g/mol. The number of phenols is 1. The van der Waals surface area contributed by atoms with Crippen molar-refractivity contribution in [2.24, 2.45) is 5.16 Å². The summed E-state index contributed by atoms with van der Waals surface area (Å²) < 4.78 is 5.27. The van der Waals surface area contributed by atoms with Crippen LogP contribution in [-0.2, 0) is 0 Å². The topological polar surface area (TPSA) is 62.1 Å². The number of unbranched alkanes of at least 4 members (excludes halogenated alkanes) is 1. The van der Waals surface area contributed by atoms with Crippen molar-refractivity contribution in [3.8, 4) is 11.5 Å². The summed E-state index contributed by atoms with van der Waals surface area (Å²) in [5, 5.41) is 22.0. The minimum Gasteiger partial charge on any atom is -0.507 e. The molecule has 0 fully saturated rings. The van der Waals surface area contributed by atoms with Gasteiger partial charge in [-0.1, -0.05) is 18.5 Å². The summed E-state index contributed by atoms with van der Waals surface area (Å²) in [6.45, 7) is 4.50. The summed E-state index contributed by atoms with van der Waals surface area (Å²) in [5.74, 6) is 0.696. The highest BCUT2D eigenvalue weighted by Gasteiger charge is 2.10. The van der Waals surface area contributed by atoms with E-state index in [0.717, 1.165) is 12.8 Å². The van der Waals surface area contributed by atoms with Crippen LogP contribution in [0.3, 0.4) is 0 Å². The second-order valence-electron chi connectivity index (χ2n) is 3.76. The fourth-order valence-electron chi connectivity index (χ4n) is 1.59. The van der Waals surface area contributed by atoms with Gasteiger partial charge in [-0.2, -0.15) is 0 Å². The summed E-state index contributed by atoms with van der Waals surface area (Å²) in [6.07, 6.45) is 2.58. The van der Waals surface area contributed by atoms with Gasteiger partial charge in [-0.05, 0) is 31.9 Å². The Kier molecular flexibility index (Phi) is 5.33. The third-order valence-electron chi connectivity index (χ3n) is 2.48. The molecule has 1 aromatic rings. The second-order valence-corrected chi connectivity index (χ2v) is 3.76. The van der Waals surface area contributed by atoms with E-state index in [4.69, 9.17) is 9.94 Å². The maximum absolute atomic E-state index is 9.85. The molecule has 4 heteroatoms. The van der Waals surface area contributed by atoms with Crippen LogP contribution in [-0.4, -0.2) is 22.6 Å². The molecule has 0 radical (unpaired) electrons. The average molecular weight is 237 g/mol. The van der Waals surface area contributed by atoms with Crippen molar-refractivity contribution in [2.75, 3.05) is 6.61 Å². The summed E-state index contributed by atoms with van der Waals surface area (Å²) in [7, 11) is 0. The van der Waals surface area contributed by atoms with Crippen LogP contribution in [0.5, 0.6) is 11.5 Å². The lowest BCUT2D eigenvalue weighted by Gasteiger charge is -2.09. The van der Waals surface area contributed by atoms with Gasteiger partial charge in [-0.3, -0.25) is 0 Å². The molecule has 4 nitrogen and oxygen atoms in total. The summed E-state index contributed by atoms with van der Waals surface area (Å²) in [4.78, 5) is 0. The van der Waals surface area contributed by atoms with E-state index in [9.17, 15) is 5.11 Å². The first-order valence-electron chi connectivity index (χ1n) is 5.90. The molecule has 0 saturated heterocycles. The maximum atomic E-state index is 9.85. The van der Waals surface area contributed by atoms with Gasteiger partial charge in [0.15, 0.2) is 0 Å². The Labute approximate surface area is 102 Å². The van der Waals surface area contributed by atoms with Crippen LogP contribution in [0.4, 0.5) is 0 Å².